The van der Waals surface area contributed by atoms with Gasteiger partial charge in [-0.15, -0.1) is 0 Å². The van der Waals surface area contributed by atoms with E-state index in [-0.39, 0.29) is 16.7 Å². The highest BCUT2D eigenvalue weighted by molar-refractivity contribution is 6.30. The van der Waals surface area contributed by atoms with Gasteiger partial charge in [-0.2, -0.15) is 0 Å². The quantitative estimate of drug-likeness (QED) is 0.843. The summed E-state index contributed by atoms with van der Waals surface area (Å²) in [5.41, 5.74) is -0.143. The molecule has 0 unspecified atom stereocenters. The molecule has 1 aromatic heterocycles. The van der Waals surface area contributed by atoms with Crippen LogP contribution in [-0.4, -0.2) is 9.55 Å². The van der Waals surface area contributed by atoms with Gasteiger partial charge in [-0.3, -0.25) is 4.79 Å². The monoisotopic (exact) mass is 272 g/mol. The molecule has 1 heterocycles. The van der Waals surface area contributed by atoms with E-state index in [2.05, 4.69) is 4.98 Å². The van der Waals surface area contributed by atoms with Crippen LogP contribution >= 0.6 is 23.2 Å². The Balaban J connectivity index is 2.42. The third kappa shape index (κ3) is 2.48. The molecule has 0 aliphatic heterocycles. The van der Waals surface area contributed by atoms with Crippen LogP contribution in [0.15, 0.2) is 35.4 Å². The van der Waals surface area contributed by atoms with E-state index in [1.807, 2.05) is 0 Å². The lowest BCUT2D eigenvalue weighted by molar-refractivity contribution is 0.596. The molecule has 0 aliphatic rings. The third-order valence-electron chi connectivity index (χ3n) is 2.24. The maximum absolute atomic E-state index is 13.6. The van der Waals surface area contributed by atoms with Gasteiger partial charge in [-0.1, -0.05) is 35.3 Å². The van der Waals surface area contributed by atoms with Crippen molar-refractivity contribution in [3.05, 3.63) is 62.5 Å². The molecule has 6 heteroatoms. The lowest BCUT2D eigenvalue weighted by Crippen LogP contribution is -2.21. The molecule has 1 aromatic carbocycles. The van der Waals surface area contributed by atoms with Gasteiger partial charge in [0.1, 0.15) is 5.82 Å². The average molecular weight is 273 g/mol. The minimum atomic E-state index is -0.533. The lowest BCUT2D eigenvalue weighted by atomic mass is 10.2. The van der Waals surface area contributed by atoms with Crippen LogP contribution in [0.25, 0.3) is 0 Å². The smallest absolute Gasteiger partial charge is 0.288 e. The zero-order valence-corrected chi connectivity index (χ0v) is 10.0. The van der Waals surface area contributed by atoms with Crippen LogP contribution in [0.3, 0.4) is 0 Å². The second-order valence-corrected chi connectivity index (χ2v) is 4.13. The summed E-state index contributed by atoms with van der Waals surface area (Å²) in [7, 11) is 0. The van der Waals surface area contributed by atoms with Gasteiger partial charge < -0.3 is 4.57 Å². The highest BCUT2D eigenvalue weighted by Crippen LogP contribution is 2.18. The molecule has 2 rings (SSSR count). The lowest BCUT2D eigenvalue weighted by Gasteiger charge is -2.07. The van der Waals surface area contributed by atoms with E-state index in [4.69, 9.17) is 23.2 Å². The van der Waals surface area contributed by atoms with Crippen molar-refractivity contribution in [3.63, 3.8) is 0 Å². The summed E-state index contributed by atoms with van der Waals surface area (Å²) in [5, 5.41) is -0.120. The van der Waals surface area contributed by atoms with Gasteiger partial charge >= 0.3 is 0 Å². The van der Waals surface area contributed by atoms with Crippen molar-refractivity contribution in [2.75, 3.05) is 0 Å². The van der Waals surface area contributed by atoms with Crippen LogP contribution in [0.2, 0.25) is 10.2 Å². The Bertz CT molecular complexity index is 613. The maximum Gasteiger partial charge on any atom is 0.288 e. The fourth-order valence-electron chi connectivity index (χ4n) is 1.40. The van der Waals surface area contributed by atoms with Gasteiger partial charge in [0.2, 0.25) is 0 Å². The number of halogens is 3. The Labute approximate surface area is 106 Å². The number of hydrogen-bond acceptors (Lipinski definition) is 2. The molecule has 88 valence electrons. The van der Waals surface area contributed by atoms with Crippen molar-refractivity contribution in [1.29, 1.82) is 0 Å². The second kappa shape index (κ2) is 4.85. The van der Waals surface area contributed by atoms with Crippen molar-refractivity contribution < 1.29 is 4.39 Å². The molecule has 2 aromatic rings. The Kier molecular flexibility index (Phi) is 3.45. The van der Waals surface area contributed by atoms with Crippen LogP contribution < -0.4 is 5.56 Å². The summed E-state index contributed by atoms with van der Waals surface area (Å²) < 4.78 is 14.9. The number of aromatic nitrogens is 2. The number of benzene rings is 1. The molecule has 0 fully saturated rings. The largest absolute Gasteiger partial charge is 0.307 e. The topological polar surface area (TPSA) is 34.9 Å². The molecule has 0 radical (unpaired) electrons. The Hall–Kier alpha value is -1.39. The first-order valence-corrected chi connectivity index (χ1v) is 5.49. The van der Waals surface area contributed by atoms with Crippen LogP contribution in [0, 0.1) is 5.82 Å². The van der Waals surface area contributed by atoms with Crippen molar-refractivity contribution in [2.24, 2.45) is 0 Å². The normalized spacial score (nSPS) is 10.5. The van der Waals surface area contributed by atoms with Crippen LogP contribution in [0.1, 0.15) is 5.56 Å². The number of rotatable bonds is 2. The highest BCUT2D eigenvalue weighted by atomic mass is 35.5. The summed E-state index contributed by atoms with van der Waals surface area (Å²) in [5.74, 6) is -0.533. The molecular formula is C11H7Cl2FN2O. The highest BCUT2D eigenvalue weighted by Gasteiger charge is 2.08. The first kappa shape index (κ1) is 12.1. The van der Waals surface area contributed by atoms with Crippen molar-refractivity contribution in [2.45, 2.75) is 6.54 Å². The summed E-state index contributed by atoms with van der Waals surface area (Å²) in [6.07, 6.45) is 2.82. The molecule has 0 saturated heterocycles. The van der Waals surface area contributed by atoms with Crippen molar-refractivity contribution in [1.82, 2.24) is 9.55 Å². The van der Waals surface area contributed by atoms with Gasteiger partial charge in [0.25, 0.3) is 5.56 Å². The average Bonchev–Trinajstić information content (AvgIpc) is 2.31. The number of hydrogen-bond donors (Lipinski definition) is 0. The third-order valence-corrected chi connectivity index (χ3v) is 2.80. The zero-order valence-electron chi connectivity index (χ0n) is 8.53. The minimum absolute atomic E-state index is 0.0238. The first-order valence-electron chi connectivity index (χ1n) is 4.73. The van der Waals surface area contributed by atoms with E-state index < -0.39 is 11.4 Å². The summed E-state index contributed by atoms with van der Waals surface area (Å²) >= 11 is 11.2. The molecule has 0 amide bonds. The zero-order chi connectivity index (χ0) is 12.4. The van der Waals surface area contributed by atoms with Gasteiger partial charge in [-0.05, 0) is 6.07 Å². The molecule has 0 saturated carbocycles. The van der Waals surface area contributed by atoms with Gasteiger partial charge in [0.15, 0.2) is 5.15 Å². The fraction of sp³-hybridized carbons (Fsp3) is 0.0909. The summed E-state index contributed by atoms with van der Waals surface area (Å²) in [4.78, 5) is 15.2. The van der Waals surface area contributed by atoms with Crippen molar-refractivity contribution >= 4 is 23.2 Å². The fourth-order valence-corrected chi connectivity index (χ4v) is 1.76. The van der Waals surface area contributed by atoms with Crippen LogP contribution in [-0.2, 0) is 6.54 Å². The van der Waals surface area contributed by atoms with E-state index >= 15 is 0 Å². The Morgan fingerprint density at radius 3 is 2.88 bits per heavy atom. The molecular weight excluding hydrogens is 266 g/mol. The van der Waals surface area contributed by atoms with Gasteiger partial charge in [0.05, 0.1) is 11.6 Å². The summed E-state index contributed by atoms with van der Waals surface area (Å²) in [6, 6.07) is 4.62. The molecule has 0 bridgehead atoms. The molecule has 0 N–H and O–H groups in total. The maximum atomic E-state index is 13.6. The first-order chi connectivity index (χ1) is 8.09. The predicted octanol–water partition coefficient (Wildman–Crippen LogP) is 2.74. The predicted molar refractivity (Wildman–Crippen MR) is 64.0 cm³/mol. The van der Waals surface area contributed by atoms with E-state index in [1.165, 1.54) is 23.0 Å². The minimum Gasteiger partial charge on any atom is -0.307 e. The Morgan fingerprint density at radius 2 is 2.12 bits per heavy atom. The Morgan fingerprint density at radius 1 is 1.35 bits per heavy atom. The van der Waals surface area contributed by atoms with E-state index in [1.54, 1.807) is 12.1 Å². The van der Waals surface area contributed by atoms with Crippen LogP contribution in [0.4, 0.5) is 4.39 Å². The molecule has 0 atom stereocenters. The SMILES string of the molecule is O=c1c(Cl)nccn1Cc1cccc(Cl)c1F. The van der Waals surface area contributed by atoms with Crippen LogP contribution in [0.5, 0.6) is 0 Å². The number of nitrogens with zero attached hydrogens (tertiary/aromatic N) is 2. The molecule has 3 nitrogen and oxygen atoms in total. The second-order valence-electron chi connectivity index (χ2n) is 3.36. The standard InChI is InChI=1S/C11H7Cl2FN2O/c12-8-3-1-2-7(9(8)14)6-16-5-4-15-10(13)11(16)17/h1-5H,6H2. The molecule has 0 aliphatic carbocycles. The van der Waals surface area contributed by atoms with Crippen molar-refractivity contribution in [3.8, 4) is 0 Å². The van der Waals surface area contributed by atoms with E-state index in [9.17, 15) is 9.18 Å². The molecule has 17 heavy (non-hydrogen) atoms. The molecule has 0 spiro atoms. The summed E-state index contributed by atoms with van der Waals surface area (Å²) in [6.45, 7) is 0.0630. The van der Waals surface area contributed by atoms with E-state index in [0.29, 0.717) is 5.56 Å². The van der Waals surface area contributed by atoms with Gasteiger partial charge in [0, 0.05) is 18.0 Å². The van der Waals surface area contributed by atoms with E-state index in [0.717, 1.165) is 0 Å². The van der Waals surface area contributed by atoms with Gasteiger partial charge in [-0.25, -0.2) is 9.37 Å².